The highest BCUT2D eigenvalue weighted by Crippen LogP contribution is 2.16. The Morgan fingerprint density at radius 3 is 2.62 bits per heavy atom. The molecule has 2 heterocycles. The second-order valence-corrected chi connectivity index (χ2v) is 6.14. The van der Waals surface area contributed by atoms with Crippen LogP contribution in [0.25, 0.3) is 0 Å². The number of benzene rings is 1. The standard InChI is InChI=1S/C18H23N5O/c1-22(14-15-6-3-2-4-7-15)18(24)23-12-9-16(10-13-23)20-17-8-5-11-19-21-17/h2-8,11,16H,9-10,12-14H2,1H3,(H,20,21). The van der Waals surface area contributed by atoms with Gasteiger partial charge in [0.1, 0.15) is 5.82 Å². The molecule has 0 radical (unpaired) electrons. The van der Waals surface area contributed by atoms with Crippen molar-refractivity contribution in [2.45, 2.75) is 25.4 Å². The summed E-state index contributed by atoms with van der Waals surface area (Å²) in [7, 11) is 1.86. The monoisotopic (exact) mass is 325 g/mol. The number of aromatic nitrogens is 2. The van der Waals surface area contributed by atoms with Gasteiger partial charge in [0.15, 0.2) is 0 Å². The minimum Gasteiger partial charge on any atom is -0.366 e. The van der Waals surface area contributed by atoms with E-state index in [2.05, 4.69) is 15.5 Å². The van der Waals surface area contributed by atoms with Gasteiger partial charge in [-0.15, -0.1) is 5.10 Å². The molecule has 6 heteroatoms. The van der Waals surface area contributed by atoms with E-state index in [0.29, 0.717) is 12.6 Å². The van der Waals surface area contributed by atoms with Crippen molar-refractivity contribution in [3.05, 3.63) is 54.2 Å². The lowest BCUT2D eigenvalue weighted by Crippen LogP contribution is -2.47. The number of piperidine rings is 1. The molecule has 3 rings (SSSR count). The minimum absolute atomic E-state index is 0.0943. The first-order valence-electron chi connectivity index (χ1n) is 8.30. The number of urea groups is 1. The van der Waals surface area contributed by atoms with E-state index in [4.69, 9.17) is 0 Å². The average molecular weight is 325 g/mol. The third-order valence-electron chi connectivity index (χ3n) is 4.28. The Hall–Kier alpha value is -2.63. The van der Waals surface area contributed by atoms with Crippen LogP contribution in [0.4, 0.5) is 10.6 Å². The molecular formula is C18H23N5O. The van der Waals surface area contributed by atoms with Gasteiger partial charge >= 0.3 is 6.03 Å². The third kappa shape index (κ3) is 4.22. The number of hydrogen-bond acceptors (Lipinski definition) is 4. The van der Waals surface area contributed by atoms with E-state index in [9.17, 15) is 4.79 Å². The van der Waals surface area contributed by atoms with Gasteiger partial charge in [0.05, 0.1) is 0 Å². The average Bonchev–Trinajstić information content (AvgIpc) is 2.63. The van der Waals surface area contributed by atoms with Crippen LogP contribution in [-0.4, -0.2) is 52.2 Å². The maximum Gasteiger partial charge on any atom is 0.320 e. The molecule has 1 aromatic carbocycles. The summed E-state index contributed by atoms with van der Waals surface area (Å²) >= 11 is 0. The number of anilines is 1. The smallest absolute Gasteiger partial charge is 0.320 e. The number of carbonyl (C=O) groups is 1. The summed E-state index contributed by atoms with van der Waals surface area (Å²) in [5.41, 5.74) is 1.15. The van der Waals surface area contributed by atoms with E-state index in [1.165, 1.54) is 0 Å². The van der Waals surface area contributed by atoms with Gasteiger partial charge in [0.25, 0.3) is 0 Å². The van der Waals surface area contributed by atoms with Crippen molar-refractivity contribution in [1.29, 1.82) is 0 Å². The van der Waals surface area contributed by atoms with Crippen LogP contribution in [0.2, 0.25) is 0 Å². The Bertz CT molecular complexity index is 641. The van der Waals surface area contributed by atoms with Crippen molar-refractivity contribution < 1.29 is 4.79 Å². The van der Waals surface area contributed by atoms with Crippen molar-refractivity contribution in [2.24, 2.45) is 0 Å². The molecule has 0 bridgehead atoms. The molecule has 0 aliphatic carbocycles. The normalized spacial score (nSPS) is 15.1. The molecule has 2 amide bonds. The van der Waals surface area contributed by atoms with Crippen molar-refractivity contribution >= 4 is 11.8 Å². The summed E-state index contributed by atoms with van der Waals surface area (Å²) in [5.74, 6) is 0.795. The van der Waals surface area contributed by atoms with E-state index in [0.717, 1.165) is 37.3 Å². The lowest BCUT2D eigenvalue weighted by molar-refractivity contribution is 0.148. The fourth-order valence-corrected chi connectivity index (χ4v) is 2.97. The van der Waals surface area contributed by atoms with Crippen LogP contribution in [0.15, 0.2) is 48.7 Å². The summed E-state index contributed by atoms with van der Waals surface area (Å²) in [6.07, 6.45) is 3.50. The summed E-state index contributed by atoms with van der Waals surface area (Å²) < 4.78 is 0. The van der Waals surface area contributed by atoms with Gasteiger partial charge in [-0.1, -0.05) is 30.3 Å². The molecular weight excluding hydrogens is 302 g/mol. The molecule has 0 atom stereocenters. The predicted molar refractivity (Wildman–Crippen MR) is 93.6 cm³/mol. The Kier molecular flexibility index (Phi) is 5.25. The molecule has 1 aliphatic heterocycles. The number of likely N-dealkylation sites (tertiary alicyclic amines) is 1. The minimum atomic E-state index is 0.0943. The van der Waals surface area contributed by atoms with E-state index < -0.39 is 0 Å². The van der Waals surface area contributed by atoms with Gasteiger partial charge in [-0.05, 0) is 30.5 Å². The van der Waals surface area contributed by atoms with Gasteiger partial charge in [-0.2, -0.15) is 5.10 Å². The van der Waals surface area contributed by atoms with Crippen LogP contribution < -0.4 is 5.32 Å². The van der Waals surface area contributed by atoms with Crippen molar-refractivity contribution in [2.75, 3.05) is 25.5 Å². The second-order valence-electron chi connectivity index (χ2n) is 6.14. The first kappa shape index (κ1) is 16.2. The number of rotatable bonds is 4. The van der Waals surface area contributed by atoms with Crippen LogP contribution in [0.1, 0.15) is 18.4 Å². The van der Waals surface area contributed by atoms with Gasteiger partial charge in [0.2, 0.25) is 0 Å². The zero-order chi connectivity index (χ0) is 16.8. The number of amides is 2. The quantitative estimate of drug-likeness (QED) is 0.938. The number of hydrogen-bond donors (Lipinski definition) is 1. The molecule has 126 valence electrons. The molecule has 1 N–H and O–H groups in total. The first-order valence-corrected chi connectivity index (χ1v) is 8.30. The Labute approximate surface area is 142 Å². The van der Waals surface area contributed by atoms with Crippen molar-refractivity contribution in [3.8, 4) is 0 Å². The third-order valence-corrected chi connectivity index (χ3v) is 4.28. The van der Waals surface area contributed by atoms with Crippen molar-refractivity contribution in [3.63, 3.8) is 0 Å². The molecule has 1 aliphatic rings. The topological polar surface area (TPSA) is 61.4 Å². The van der Waals surface area contributed by atoms with Crippen LogP contribution in [0.3, 0.4) is 0 Å². The molecule has 2 aromatic rings. The van der Waals surface area contributed by atoms with Gasteiger partial charge in [0, 0.05) is 38.9 Å². The molecule has 0 spiro atoms. The van der Waals surface area contributed by atoms with Crippen LogP contribution in [0, 0.1) is 0 Å². The highest BCUT2D eigenvalue weighted by atomic mass is 16.2. The van der Waals surface area contributed by atoms with E-state index in [1.807, 2.05) is 54.4 Å². The zero-order valence-corrected chi connectivity index (χ0v) is 13.9. The Balaban J connectivity index is 1.48. The van der Waals surface area contributed by atoms with Gasteiger partial charge in [-0.3, -0.25) is 0 Å². The fraction of sp³-hybridized carbons (Fsp3) is 0.389. The molecule has 0 unspecified atom stereocenters. The summed E-state index contributed by atoms with van der Waals surface area (Å²) in [4.78, 5) is 16.3. The van der Waals surface area contributed by atoms with Crippen LogP contribution in [-0.2, 0) is 6.54 Å². The SMILES string of the molecule is CN(Cc1ccccc1)C(=O)N1CCC(Nc2cccnn2)CC1. The van der Waals surface area contributed by atoms with Gasteiger partial charge < -0.3 is 15.1 Å². The lowest BCUT2D eigenvalue weighted by atomic mass is 10.1. The fourth-order valence-electron chi connectivity index (χ4n) is 2.97. The summed E-state index contributed by atoms with van der Waals surface area (Å²) in [6.45, 7) is 2.16. The molecule has 0 saturated carbocycles. The van der Waals surface area contributed by atoms with Crippen LogP contribution >= 0.6 is 0 Å². The molecule has 24 heavy (non-hydrogen) atoms. The number of nitrogens with zero attached hydrogens (tertiary/aromatic N) is 4. The zero-order valence-electron chi connectivity index (χ0n) is 13.9. The van der Waals surface area contributed by atoms with E-state index in [-0.39, 0.29) is 6.03 Å². The highest BCUT2D eigenvalue weighted by Gasteiger charge is 2.25. The lowest BCUT2D eigenvalue weighted by Gasteiger charge is -2.35. The number of nitrogens with one attached hydrogen (secondary N) is 1. The number of carbonyl (C=O) groups excluding carboxylic acids is 1. The maximum atomic E-state index is 12.6. The van der Waals surface area contributed by atoms with Crippen molar-refractivity contribution in [1.82, 2.24) is 20.0 Å². The second kappa shape index (κ2) is 7.77. The Morgan fingerprint density at radius 2 is 1.96 bits per heavy atom. The molecule has 1 aromatic heterocycles. The highest BCUT2D eigenvalue weighted by molar-refractivity contribution is 5.74. The predicted octanol–water partition coefficient (Wildman–Crippen LogP) is 2.60. The van der Waals surface area contributed by atoms with Gasteiger partial charge in [-0.25, -0.2) is 4.79 Å². The molecule has 1 saturated heterocycles. The maximum absolute atomic E-state index is 12.6. The molecule has 1 fully saturated rings. The molecule has 6 nitrogen and oxygen atoms in total. The largest absolute Gasteiger partial charge is 0.366 e. The summed E-state index contributed by atoms with van der Waals surface area (Å²) in [5, 5.41) is 11.3. The van der Waals surface area contributed by atoms with E-state index in [1.54, 1.807) is 11.1 Å². The van der Waals surface area contributed by atoms with E-state index >= 15 is 0 Å². The summed E-state index contributed by atoms with van der Waals surface area (Å²) in [6, 6.07) is 14.3. The Morgan fingerprint density at radius 1 is 1.21 bits per heavy atom. The van der Waals surface area contributed by atoms with Crippen LogP contribution in [0.5, 0.6) is 0 Å². The first-order chi connectivity index (χ1) is 11.7.